The van der Waals surface area contributed by atoms with Gasteiger partial charge in [-0.3, -0.25) is 15.9 Å². The number of rotatable bonds is 0. The van der Waals surface area contributed by atoms with Crippen molar-refractivity contribution in [1.29, 1.82) is 0 Å². The molecule has 38 valence electrons. The van der Waals surface area contributed by atoms with Crippen molar-refractivity contribution in [3.63, 3.8) is 0 Å². The lowest BCUT2D eigenvalue weighted by atomic mass is 10.8. The van der Waals surface area contributed by atoms with Crippen molar-refractivity contribution in [2.24, 2.45) is 0 Å². The zero-order chi connectivity index (χ0) is 4.85. The van der Waals surface area contributed by atoms with Crippen LogP contribution in [0.2, 0.25) is 0 Å². The fourth-order valence-corrected chi connectivity index (χ4v) is 0.688. The van der Waals surface area contributed by atoms with Crippen LogP contribution in [0.5, 0.6) is 0 Å². The zero-order valence-corrected chi connectivity index (χ0v) is 3.97. The van der Waals surface area contributed by atoms with Crippen LogP contribution in [-0.4, -0.2) is 17.3 Å². The van der Waals surface area contributed by atoms with Crippen LogP contribution in [0.1, 0.15) is 0 Å². The first kappa shape index (κ1) is 3.15. The van der Waals surface area contributed by atoms with E-state index in [-0.39, 0.29) is 0 Å². The highest BCUT2D eigenvalue weighted by Gasteiger charge is 2.28. The van der Waals surface area contributed by atoms with E-state index < -0.39 is 0 Å². The van der Waals surface area contributed by atoms with E-state index in [0.29, 0.717) is 0 Å². The molecule has 3 rings (SSSR count). The van der Waals surface area contributed by atoms with E-state index >= 15 is 0 Å². The van der Waals surface area contributed by atoms with Gasteiger partial charge in [0.05, 0.1) is 6.20 Å². The third kappa shape index (κ3) is 0.215. The van der Waals surface area contributed by atoms with Crippen LogP contribution in [0.4, 0.5) is 0 Å². The van der Waals surface area contributed by atoms with E-state index in [9.17, 15) is 0 Å². The van der Waals surface area contributed by atoms with Crippen LogP contribution < -0.4 is 10.9 Å². The third-order valence-electron chi connectivity index (χ3n) is 1.08. The Kier molecular flexibility index (Phi) is 0.313. The Morgan fingerprint density at radius 2 is 2.29 bits per heavy atom. The Hall–Kier alpha value is -0.900. The Morgan fingerprint density at radius 1 is 1.57 bits per heavy atom. The van der Waals surface area contributed by atoms with E-state index in [0.717, 1.165) is 5.82 Å². The summed E-state index contributed by atoms with van der Waals surface area (Å²) >= 11 is 0. The molecule has 4 nitrogen and oxygen atoms in total. The minimum absolute atomic E-state index is 1.07. The number of nitrogens with one attached hydrogen (secondary N) is 2. The lowest BCUT2D eigenvalue weighted by Crippen LogP contribution is -2.59. The number of hydrogen-bond donors (Lipinski definition) is 2. The molecule has 0 unspecified atom stereocenters. The molecule has 3 aliphatic rings. The largest absolute Gasteiger partial charge is 0.276 e. The lowest BCUT2D eigenvalue weighted by Gasteiger charge is -2.31. The van der Waals surface area contributed by atoms with Gasteiger partial charge in [-0.15, -0.1) is 0 Å². The van der Waals surface area contributed by atoms with E-state index in [1.54, 1.807) is 5.23 Å². The van der Waals surface area contributed by atoms with Crippen molar-refractivity contribution in [2.75, 3.05) is 7.05 Å². The van der Waals surface area contributed by atoms with Crippen molar-refractivity contribution in [3.05, 3.63) is 12.0 Å². The SMILES string of the molecule is CN1C=C2NN1N2. The maximum absolute atomic E-state index is 2.98. The highest BCUT2D eigenvalue weighted by atomic mass is 16.0. The molecule has 3 heterocycles. The molecule has 0 radical (unpaired) electrons. The molecule has 7 heavy (non-hydrogen) atoms. The molecule has 4 heteroatoms. The van der Waals surface area contributed by atoms with Crippen LogP contribution >= 0.6 is 0 Å². The minimum Gasteiger partial charge on any atom is -0.276 e. The van der Waals surface area contributed by atoms with Crippen LogP contribution in [0.25, 0.3) is 0 Å². The van der Waals surface area contributed by atoms with E-state index in [2.05, 4.69) is 10.9 Å². The van der Waals surface area contributed by atoms with Gasteiger partial charge in [-0.25, -0.2) is 0 Å². The molecule has 0 aromatic rings. The maximum atomic E-state index is 2.98. The van der Waals surface area contributed by atoms with E-state index in [4.69, 9.17) is 0 Å². The molecule has 0 aliphatic carbocycles. The molecule has 0 amide bonds. The summed E-state index contributed by atoms with van der Waals surface area (Å²) in [5, 5.41) is 3.71. The fraction of sp³-hybridized carbons (Fsp3) is 0.333. The van der Waals surface area contributed by atoms with Gasteiger partial charge in [0.1, 0.15) is 0 Å². The Morgan fingerprint density at radius 3 is 2.43 bits per heavy atom. The molecular weight excluding hydrogens is 92.1 g/mol. The molecule has 1 fully saturated rings. The summed E-state index contributed by atoms with van der Waals surface area (Å²) in [5.41, 5.74) is 5.95. The first-order valence-corrected chi connectivity index (χ1v) is 2.14. The molecule has 0 atom stereocenters. The molecular formula is C3H6N4. The topological polar surface area (TPSA) is 30.5 Å². The number of nitrogens with zero attached hydrogens (tertiary/aromatic N) is 2. The Bertz CT molecular complexity index is 121. The summed E-state index contributed by atoms with van der Waals surface area (Å²) < 4.78 is 0. The van der Waals surface area contributed by atoms with Gasteiger partial charge >= 0.3 is 0 Å². The summed E-state index contributed by atoms with van der Waals surface area (Å²) in [6, 6.07) is 0. The summed E-state index contributed by atoms with van der Waals surface area (Å²) in [7, 11) is 1.96. The highest BCUT2D eigenvalue weighted by molar-refractivity contribution is 5.05. The van der Waals surface area contributed by atoms with Gasteiger partial charge in [0.2, 0.25) is 0 Å². The molecule has 0 aromatic carbocycles. The number of hydrogen-bond acceptors (Lipinski definition) is 4. The zero-order valence-electron chi connectivity index (χ0n) is 3.97. The number of fused-ring (bicyclic) bond motifs is 1. The quantitative estimate of drug-likeness (QED) is 0.405. The van der Waals surface area contributed by atoms with Crippen molar-refractivity contribution in [2.45, 2.75) is 0 Å². The van der Waals surface area contributed by atoms with Gasteiger partial charge in [0.15, 0.2) is 5.82 Å². The first-order chi connectivity index (χ1) is 3.36. The van der Waals surface area contributed by atoms with Crippen LogP contribution in [0.15, 0.2) is 12.0 Å². The van der Waals surface area contributed by atoms with Crippen LogP contribution in [0.3, 0.4) is 0 Å². The van der Waals surface area contributed by atoms with Gasteiger partial charge in [-0.2, -0.15) is 0 Å². The van der Waals surface area contributed by atoms with Crippen molar-refractivity contribution < 1.29 is 0 Å². The first-order valence-electron chi connectivity index (χ1n) is 2.14. The van der Waals surface area contributed by atoms with Gasteiger partial charge < -0.3 is 0 Å². The predicted molar refractivity (Wildman–Crippen MR) is 24.0 cm³/mol. The lowest BCUT2D eigenvalue weighted by molar-refractivity contribution is -0.0614. The average molecular weight is 98.1 g/mol. The predicted octanol–water partition coefficient (Wildman–Crippen LogP) is -1.03. The van der Waals surface area contributed by atoms with Crippen LogP contribution in [-0.2, 0) is 0 Å². The minimum atomic E-state index is 1.07. The van der Waals surface area contributed by atoms with E-state index in [1.807, 2.05) is 18.3 Å². The van der Waals surface area contributed by atoms with Crippen LogP contribution in [0, 0.1) is 0 Å². The Balaban J connectivity index is 2.29. The monoisotopic (exact) mass is 98.1 g/mol. The average Bonchev–Trinajstić information content (AvgIpc) is 1.85. The van der Waals surface area contributed by atoms with Gasteiger partial charge in [-0.05, 0) is 5.23 Å². The second-order valence-electron chi connectivity index (χ2n) is 1.65. The van der Waals surface area contributed by atoms with E-state index in [1.165, 1.54) is 0 Å². The van der Waals surface area contributed by atoms with Gasteiger partial charge in [0.25, 0.3) is 0 Å². The fourth-order valence-electron chi connectivity index (χ4n) is 0.688. The second kappa shape index (κ2) is 0.696. The maximum Gasteiger partial charge on any atom is 0.152 e. The third-order valence-corrected chi connectivity index (χ3v) is 1.08. The summed E-state index contributed by atoms with van der Waals surface area (Å²) in [4.78, 5) is 0. The second-order valence-corrected chi connectivity index (χ2v) is 1.65. The van der Waals surface area contributed by atoms with Gasteiger partial charge in [-0.1, -0.05) is 0 Å². The summed E-state index contributed by atoms with van der Waals surface area (Å²) in [5.74, 6) is 1.07. The van der Waals surface area contributed by atoms with Crippen molar-refractivity contribution >= 4 is 0 Å². The summed E-state index contributed by atoms with van der Waals surface area (Å²) in [6.45, 7) is 0. The van der Waals surface area contributed by atoms with Crippen molar-refractivity contribution in [1.82, 2.24) is 21.1 Å². The molecule has 2 N–H and O–H groups in total. The molecule has 1 saturated heterocycles. The number of hydrazine groups is 3. The molecule has 2 bridgehead atoms. The molecule has 0 aromatic heterocycles. The van der Waals surface area contributed by atoms with Gasteiger partial charge in [0, 0.05) is 7.05 Å². The smallest absolute Gasteiger partial charge is 0.152 e. The highest BCUT2D eigenvalue weighted by Crippen LogP contribution is 2.11. The molecule has 0 saturated carbocycles. The Labute approximate surface area is 41.3 Å². The summed E-state index contributed by atoms with van der Waals surface area (Å²) in [6.07, 6.45) is 1.97. The van der Waals surface area contributed by atoms with Crippen molar-refractivity contribution in [3.8, 4) is 0 Å². The standard InChI is InChI=1S/C3H6N4/c1-6-2-3-4-7(6)5-3/h2,4-5H,1H3. The molecule has 3 aliphatic heterocycles. The molecule has 0 spiro atoms. The normalized spacial score (nSPS) is 25.3.